The predicted molar refractivity (Wildman–Crippen MR) is 69.3 cm³/mol. The van der Waals surface area contributed by atoms with Crippen LogP contribution in [0.2, 0.25) is 0 Å². The highest BCUT2D eigenvalue weighted by Crippen LogP contribution is 2.07. The largest absolute Gasteiger partial charge is 0.481 e. The van der Waals surface area contributed by atoms with Gasteiger partial charge in [-0.1, -0.05) is 19.8 Å². The van der Waals surface area contributed by atoms with Crippen LogP contribution in [-0.2, 0) is 9.59 Å². The smallest absolute Gasteiger partial charge is 0.306 e. The first-order valence-corrected chi connectivity index (χ1v) is 6.16. The first-order valence-electron chi connectivity index (χ1n) is 7.66. The van der Waals surface area contributed by atoms with Crippen molar-refractivity contribution in [1.82, 2.24) is 0 Å². The number of unbranched alkanes of at least 4 members (excludes halogenated alkanes) is 2. The van der Waals surface area contributed by atoms with E-state index >= 15 is 0 Å². The molecule has 106 valence electrons. The summed E-state index contributed by atoms with van der Waals surface area (Å²) in [5.74, 6) is -1.63. The zero-order chi connectivity index (χ0) is 16.9. The number of hydrogen-bond acceptors (Lipinski definition) is 3. The number of carboxylic acids is 1. The van der Waals surface area contributed by atoms with Gasteiger partial charge >= 0.3 is 5.97 Å². The molecule has 0 fully saturated rings. The van der Waals surface area contributed by atoms with Gasteiger partial charge in [-0.3, -0.25) is 9.59 Å². The van der Waals surface area contributed by atoms with Gasteiger partial charge in [-0.2, -0.15) is 0 Å². The van der Waals surface area contributed by atoms with Crippen LogP contribution in [-0.4, -0.2) is 59.7 Å². The molecule has 0 spiro atoms. The lowest BCUT2D eigenvalue weighted by atomic mass is 10.1. The molecule has 0 heterocycles. The molecule has 0 saturated heterocycles. The van der Waals surface area contributed by atoms with Crippen molar-refractivity contribution in [2.45, 2.75) is 45.1 Å². The highest BCUT2D eigenvalue weighted by atomic mass is 16.4. The maximum atomic E-state index is 11.9. The van der Waals surface area contributed by atoms with E-state index < -0.39 is 29.5 Å². The SMILES string of the molecule is [2H]C(O)(CC(=O)O)C([2H])([2H])[N+](C)(C)CC(=O)CCCCC. The number of nitrogens with zero attached hydrogens (tertiary/aromatic N) is 1. The standard InChI is InChI=1S/C13H25NO4/c1-4-5-6-7-11(15)9-14(2,3)10-12(16)8-13(17)18/h12,16H,4-10H2,1-3H3/p+1/i10D2,12D. The van der Waals surface area contributed by atoms with Gasteiger partial charge in [0.25, 0.3) is 0 Å². The molecule has 2 N–H and O–H groups in total. The van der Waals surface area contributed by atoms with Crippen LogP contribution < -0.4 is 0 Å². The summed E-state index contributed by atoms with van der Waals surface area (Å²) in [4.78, 5) is 22.6. The number of likely N-dealkylation sites (N-methyl/N-ethyl adjacent to an activating group) is 1. The van der Waals surface area contributed by atoms with Gasteiger partial charge in [0.15, 0.2) is 5.78 Å². The summed E-state index contributed by atoms with van der Waals surface area (Å²) in [6.45, 7) is -0.779. The van der Waals surface area contributed by atoms with Crippen LogP contribution in [0.5, 0.6) is 0 Å². The van der Waals surface area contributed by atoms with Gasteiger partial charge in [0.05, 0.1) is 24.6 Å². The highest BCUT2D eigenvalue weighted by Gasteiger charge is 2.24. The third kappa shape index (κ3) is 9.13. The van der Waals surface area contributed by atoms with E-state index in [9.17, 15) is 14.7 Å². The van der Waals surface area contributed by atoms with Crippen molar-refractivity contribution in [2.24, 2.45) is 0 Å². The highest BCUT2D eigenvalue weighted by molar-refractivity contribution is 5.79. The average molecular weight is 263 g/mol. The zero-order valence-electron chi connectivity index (χ0n) is 14.4. The molecule has 0 aliphatic carbocycles. The monoisotopic (exact) mass is 263 g/mol. The fourth-order valence-corrected chi connectivity index (χ4v) is 1.66. The molecule has 5 nitrogen and oxygen atoms in total. The Morgan fingerprint density at radius 3 is 2.50 bits per heavy atom. The van der Waals surface area contributed by atoms with E-state index in [1.807, 2.05) is 6.92 Å². The van der Waals surface area contributed by atoms with Crippen molar-refractivity contribution in [1.29, 1.82) is 0 Å². The number of carboxylic acid groups (broad SMARTS) is 1. The van der Waals surface area contributed by atoms with E-state index in [-0.39, 0.29) is 12.3 Å². The summed E-state index contributed by atoms with van der Waals surface area (Å²) in [6.07, 6.45) is -0.942. The Kier molecular flexibility index (Phi) is 5.53. The van der Waals surface area contributed by atoms with E-state index in [1.54, 1.807) is 0 Å². The van der Waals surface area contributed by atoms with Crippen molar-refractivity contribution in [3.05, 3.63) is 0 Å². The summed E-state index contributed by atoms with van der Waals surface area (Å²) < 4.78 is 22.8. The molecule has 18 heavy (non-hydrogen) atoms. The fourth-order valence-electron chi connectivity index (χ4n) is 1.66. The van der Waals surface area contributed by atoms with Crippen LogP contribution in [0.3, 0.4) is 0 Å². The molecular formula is C13H26NO4+. The Morgan fingerprint density at radius 2 is 2.00 bits per heavy atom. The number of aliphatic carboxylic acids is 1. The zero-order valence-corrected chi connectivity index (χ0v) is 11.4. The molecule has 0 amide bonds. The van der Waals surface area contributed by atoms with Crippen molar-refractivity contribution in [3.63, 3.8) is 0 Å². The number of Topliss-reactive ketones (excluding diaryl/α,β-unsaturated/α-hetero) is 1. The molecule has 1 atom stereocenters. The van der Waals surface area contributed by atoms with Crippen LogP contribution in [0.25, 0.3) is 0 Å². The minimum Gasteiger partial charge on any atom is -0.481 e. The third-order valence-electron chi connectivity index (χ3n) is 2.38. The second-order valence-corrected chi connectivity index (χ2v) is 4.97. The van der Waals surface area contributed by atoms with Crippen molar-refractivity contribution in [3.8, 4) is 0 Å². The van der Waals surface area contributed by atoms with Gasteiger partial charge in [-0.15, -0.1) is 0 Å². The van der Waals surface area contributed by atoms with Crippen molar-refractivity contribution in [2.75, 3.05) is 27.1 Å². The Labute approximate surface area is 113 Å². The quantitative estimate of drug-likeness (QED) is 0.456. The summed E-state index contributed by atoms with van der Waals surface area (Å²) in [7, 11) is 2.75. The molecule has 0 rings (SSSR count). The van der Waals surface area contributed by atoms with Gasteiger partial charge in [0, 0.05) is 6.42 Å². The summed E-state index contributed by atoms with van der Waals surface area (Å²) in [6, 6.07) is 0. The Morgan fingerprint density at radius 1 is 1.39 bits per heavy atom. The van der Waals surface area contributed by atoms with Crippen LogP contribution in [0, 0.1) is 0 Å². The fraction of sp³-hybridized carbons (Fsp3) is 0.846. The molecule has 0 aliphatic heterocycles. The molecular weight excluding hydrogens is 234 g/mol. The lowest BCUT2D eigenvalue weighted by Gasteiger charge is -2.30. The average Bonchev–Trinajstić information content (AvgIpc) is 2.26. The second kappa shape index (κ2) is 8.21. The summed E-state index contributed by atoms with van der Waals surface area (Å²) in [5, 5.41) is 18.5. The van der Waals surface area contributed by atoms with Crippen LogP contribution in [0.15, 0.2) is 0 Å². The maximum absolute atomic E-state index is 11.9. The number of carbonyl (C=O) groups excluding carboxylic acids is 1. The summed E-state index contributed by atoms with van der Waals surface area (Å²) in [5.41, 5.74) is 0. The van der Waals surface area contributed by atoms with Crippen LogP contribution in [0.1, 0.15) is 43.1 Å². The lowest BCUT2D eigenvalue weighted by molar-refractivity contribution is -0.885. The van der Waals surface area contributed by atoms with E-state index in [1.165, 1.54) is 14.1 Å². The van der Waals surface area contributed by atoms with Gasteiger partial charge in [0.1, 0.15) is 19.1 Å². The molecule has 0 aliphatic rings. The first kappa shape index (κ1) is 12.1. The van der Waals surface area contributed by atoms with Gasteiger partial charge < -0.3 is 14.7 Å². The molecule has 0 radical (unpaired) electrons. The third-order valence-corrected chi connectivity index (χ3v) is 2.38. The second-order valence-electron chi connectivity index (χ2n) is 4.97. The molecule has 0 aromatic carbocycles. The number of carbonyl (C=O) groups is 2. The number of ketones is 1. The van der Waals surface area contributed by atoms with Gasteiger partial charge in [0.2, 0.25) is 0 Å². The first-order chi connectivity index (χ1) is 9.37. The number of hydrogen-bond donors (Lipinski definition) is 2. The number of rotatable bonds is 10. The molecule has 0 bridgehead atoms. The molecule has 1 unspecified atom stereocenters. The van der Waals surface area contributed by atoms with Crippen molar-refractivity contribution >= 4 is 11.8 Å². The minimum atomic E-state index is -2.81. The van der Waals surface area contributed by atoms with Crippen molar-refractivity contribution < 1.29 is 28.4 Å². The lowest BCUT2D eigenvalue weighted by Crippen LogP contribution is -2.48. The molecule has 5 heteroatoms. The normalized spacial score (nSPS) is 18.3. The van der Waals surface area contributed by atoms with Crippen LogP contribution in [0.4, 0.5) is 0 Å². The topological polar surface area (TPSA) is 74.6 Å². The van der Waals surface area contributed by atoms with E-state index in [0.717, 1.165) is 19.3 Å². The minimum absolute atomic E-state index is 0.163. The van der Waals surface area contributed by atoms with E-state index in [4.69, 9.17) is 9.22 Å². The van der Waals surface area contributed by atoms with Crippen LogP contribution >= 0.6 is 0 Å². The van der Waals surface area contributed by atoms with E-state index in [2.05, 4.69) is 0 Å². The molecule has 0 aromatic heterocycles. The van der Waals surface area contributed by atoms with E-state index in [0.29, 0.717) is 6.42 Å². The Balaban J connectivity index is 4.93. The molecule has 0 aromatic rings. The predicted octanol–water partition coefficient (Wildman–Crippen LogP) is 1.05. The maximum Gasteiger partial charge on any atom is 0.306 e. The van der Waals surface area contributed by atoms with Gasteiger partial charge in [-0.05, 0) is 6.42 Å². The number of quaternary nitrogens is 1. The Hall–Kier alpha value is -0.940. The van der Waals surface area contributed by atoms with Gasteiger partial charge in [-0.25, -0.2) is 0 Å². The summed E-state index contributed by atoms with van der Waals surface area (Å²) >= 11 is 0. The molecule has 0 saturated carbocycles. The Bertz CT molecular complexity index is 384. The number of aliphatic hydroxyl groups is 1.